The number of rotatable bonds is 5. The summed E-state index contributed by atoms with van der Waals surface area (Å²) in [5, 5.41) is 3.67. The van der Waals surface area contributed by atoms with Crippen molar-refractivity contribution in [1.82, 2.24) is 21.1 Å². The van der Waals surface area contributed by atoms with Crippen LogP contribution in [0.25, 0.3) is 0 Å². The summed E-state index contributed by atoms with van der Waals surface area (Å²) in [5.74, 6) is 1.22. The molecule has 3 N–H and O–H groups in total. The number of amides is 1. The van der Waals surface area contributed by atoms with E-state index >= 15 is 0 Å². The molecule has 2 aromatic rings. The van der Waals surface area contributed by atoms with Gasteiger partial charge in [0.25, 0.3) is 0 Å². The first kappa shape index (κ1) is 17.5. The molecule has 1 amide bonds. The van der Waals surface area contributed by atoms with Crippen molar-refractivity contribution < 1.29 is 9.21 Å². The minimum atomic E-state index is 0.0295. The summed E-state index contributed by atoms with van der Waals surface area (Å²) >= 11 is 6.01. The normalized spacial score (nSPS) is 25.8. The maximum atomic E-state index is 12.2. The number of benzene rings is 1. The molecule has 2 saturated heterocycles. The smallest absolute Gasteiger partial charge is 0.234 e. The van der Waals surface area contributed by atoms with Gasteiger partial charge < -0.3 is 9.73 Å². The van der Waals surface area contributed by atoms with Gasteiger partial charge in [0.1, 0.15) is 5.76 Å². The third-order valence-electron chi connectivity index (χ3n) is 5.23. The van der Waals surface area contributed by atoms with Gasteiger partial charge in [0.15, 0.2) is 0 Å². The first-order chi connectivity index (χ1) is 12.7. The van der Waals surface area contributed by atoms with Crippen LogP contribution in [-0.2, 0) is 11.3 Å². The number of fused-ring (bicyclic) bond motifs is 1. The van der Waals surface area contributed by atoms with Gasteiger partial charge in [-0.15, -0.1) is 0 Å². The molecule has 7 heteroatoms. The number of furan rings is 1. The number of hydrazine groups is 1. The van der Waals surface area contributed by atoms with Crippen molar-refractivity contribution in [1.29, 1.82) is 0 Å². The van der Waals surface area contributed by atoms with E-state index < -0.39 is 0 Å². The molecule has 0 radical (unpaired) electrons. The van der Waals surface area contributed by atoms with Crippen LogP contribution in [0.4, 0.5) is 0 Å². The maximum Gasteiger partial charge on any atom is 0.234 e. The van der Waals surface area contributed by atoms with Crippen molar-refractivity contribution in [3.05, 3.63) is 59.0 Å². The van der Waals surface area contributed by atoms with E-state index in [9.17, 15) is 4.79 Å². The molecule has 2 aliphatic rings. The summed E-state index contributed by atoms with van der Waals surface area (Å²) in [7, 11) is 0. The zero-order chi connectivity index (χ0) is 17.9. The Labute approximate surface area is 157 Å². The van der Waals surface area contributed by atoms with E-state index in [0.29, 0.717) is 25.0 Å². The Morgan fingerprint density at radius 1 is 1.27 bits per heavy atom. The zero-order valence-corrected chi connectivity index (χ0v) is 15.2. The number of piperidine rings is 1. The van der Waals surface area contributed by atoms with Crippen molar-refractivity contribution in [3.63, 3.8) is 0 Å². The summed E-state index contributed by atoms with van der Waals surface area (Å²) < 4.78 is 5.25. The summed E-state index contributed by atoms with van der Waals surface area (Å²) in [4.78, 5) is 14.5. The lowest BCUT2D eigenvalue weighted by atomic mass is 9.85. The highest BCUT2D eigenvalue weighted by atomic mass is 35.5. The molecule has 26 heavy (non-hydrogen) atoms. The Hall–Kier alpha value is -1.86. The average molecular weight is 375 g/mol. The molecule has 0 saturated carbocycles. The zero-order valence-electron chi connectivity index (χ0n) is 14.5. The third kappa shape index (κ3) is 3.94. The molecule has 3 unspecified atom stereocenters. The fourth-order valence-electron chi connectivity index (χ4n) is 3.88. The quantitative estimate of drug-likeness (QED) is 0.747. The number of likely N-dealkylation sites (tertiary alicyclic amines) is 1. The Bertz CT molecular complexity index is 735. The molecule has 2 aliphatic heterocycles. The minimum absolute atomic E-state index is 0.0295. The van der Waals surface area contributed by atoms with E-state index in [0.717, 1.165) is 30.3 Å². The predicted molar refractivity (Wildman–Crippen MR) is 99.4 cm³/mol. The van der Waals surface area contributed by atoms with E-state index in [2.05, 4.69) is 33.2 Å². The second-order valence-corrected chi connectivity index (χ2v) is 7.40. The van der Waals surface area contributed by atoms with Crippen LogP contribution in [-0.4, -0.2) is 36.5 Å². The number of nitrogens with one attached hydrogen (secondary N) is 3. The Morgan fingerprint density at radius 2 is 2.12 bits per heavy atom. The summed E-state index contributed by atoms with van der Waals surface area (Å²) in [5.41, 5.74) is 8.06. The molecule has 0 bridgehead atoms. The molecule has 6 nitrogen and oxygen atoms in total. The summed E-state index contributed by atoms with van der Waals surface area (Å²) in [6.07, 6.45) is 2.64. The number of halogens is 1. The number of hydrogen-bond donors (Lipinski definition) is 3. The van der Waals surface area contributed by atoms with Crippen LogP contribution < -0.4 is 16.2 Å². The van der Waals surface area contributed by atoms with Gasteiger partial charge in [-0.3, -0.25) is 15.1 Å². The number of hydrogen-bond acceptors (Lipinski definition) is 5. The molecule has 1 aromatic heterocycles. The van der Waals surface area contributed by atoms with Crippen LogP contribution in [0.15, 0.2) is 47.1 Å². The summed E-state index contributed by atoms with van der Waals surface area (Å²) in [6, 6.07) is 12.3. The minimum Gasteiger partial charge on any atom is -0.467 e. The van der Waals surface area contributed by atoms with Crippen LogP contribution in [0.2, 0.25) is 5.02 Å². The molecule has 1 aromatic carbocycles. The van der Waals surface area contributed by atoms with E-state index in [1.165, 1.54) is 5.56 Å². The number of carbonyl (C=O) groups is 1. The van der Waals surface area contributed by atoms with Gasteiger partial charge in [0.2, 0.25) is 5.91 Å². The van der Waals surface area contributed by atoms with Crippen LogP contribution in [0.1, 0.15) is 23.8 Å². The fourth-order valence-corrected chi connectivity index (χ4v) is 4.00. The fraction of sp³-hybridized carbons (Fsp3) is 0.421. The van der Waals surface area contributed by atoms with E-state index in [1.54, 1.807) is 6.26 Å². The van der Waals surface area contributed by atoms with Gasteiger partial charge in [-0.1, -0.05) is 23.7 Å². The van der Waals surface area contributed by atoms with Crippen LogP contribution >= 0.6 is 11.6 Å². The number of nitrogens with zero attached hydrogens (tertiary/aromatic N) is 1. The van der Waals surface area contributed by atoms with Gasteiger partial charge in [0, 0.05) is 30.1 Å². The van der Waals surface area contributed by atoms with Crippen molar-refractivity contribution >= 4 is 17.5 Å². The summed E-state index contributed by atoms with van der Waals surface area (Å²) in [6.45, 7) is 2.64. The molecule has 4 rings (SSSR count). The molecular formula is C19H23ClN4O2. The van der Waals surface area contributed by atoms with Crippen LogP contribution in [0.5, 0.6) is 0 Å². The topological polar surface area (TPSA) is 69.5 Å². The molecule has 0 aliphatic carbocycles. The third-order valence-corrected chi connectivity index (χ3v) is 5.48. The first-order valence-electron chi connectivity index (χ1n) is 8.97. The second-order valence-electron chi connectivity index (χ2n) is 6.97. The van der Waals surface area contributed by atoms with Gasteiger partial charge >= 0.3 is 0 Å². The maximum absolute atomic E-state index is 12.2. The largest absolute Gasteiger partial charge is 0.467 e. The lowest BCUT2D eigenvalue weighted by Gasteiger charge is -2.35. The van der Waals surface area contributed by atoms with Crippen molar-refractivity contribution in [2.45, 2.75) is 25.0 Å². The number of carbonyl (C=O) groups excluding carboxylic acids is 1. The highest BCUT2D eigenvalue weighted by molar-refractivity contribution is 6.30. The van der Waals surface area contributed by atoms with Crippen molar-refractivity contribution in [2.24, 2.45) is 5.92 Å². The lowest BCUT2D eigenvalue weighted by Crippen LogP contribution is -2.48. The monoisotopic (exact) mass is 374 g/mol. The van der Waals surface area contributed by atoms with Gasteiger partial charge in [-0.2, -0.15) is 0 Å². The lowest BCUT2D eigenvalue weighted by molar-refractivity contribution is -0.123. The van der Waals surface area contributed by atoms with Crippen molar-refractivity contribution in [2.75, 3.05) is 19.6 Å². The van der Waals surface area contributed by atoms with Crippen LogP contribution in [0, 0.1) is 5.92 Å². The second kappa shape index (κ2) is 7.80. The Balaban J connectivity index is 1.34. The molecule has 3 heterocycles. The highest BCUT2D eigenvalue weighted by Gasteiger charge is 2.40. The Kier molecular flexibility index (Phi) is 5.26. The molecule has 3 atom stereocenters. The average Bonchev–Trinajstić information content (AvgIpc) is 3.30. The predicted octanol–water partition coefficient (Wildman–Crippen LogP) is 2.09. The molecular weight excluding hydrogens is 352 g/mol. The molecule has 0 spiro atoms. The standard InChI is InChI=1S/C19H23ClN4O2/c20-14-5-3-13(4-6-14)19-16-11-24(8-7-17(16)22-23-19)12-18(25)21-10-15-2-1-9-26-15/h1-6,9,16-17,19,22-23H,7-8,10-12H2,(H,21,25). The van der Waals surface area contributed by atoms with Crippen molar-refractivity contribution in [3.8, 4) is 0 Å². The van der Waals surface area contributed by atoms with E-state index in [-0.39, 0.29) is 11.9 Å². The van der Waals surface area contributed by atoms with E-state index in [4.69, 9.17) is 16.0 Å². The highest BCUT2D eigenvalue weighted by Crippen LogP contribution is 2.33. The first-order valence-corrected chi connectivity index (χ1v) is 9.35. The molecule has 138 valence electrons. The van der Waals surface area contributed by atoms with E-state index in [1.807, 2.05) is 24.3 Å². The van der Waals surface area contributed by atoms with Gasteiger partial charge in [-0.25, -0.2) is 5.43 Å². The molecule has 2 fully saturated rings. The Morgan fingerprint density at radius 3 is 2.88 bits per heavy atom. The van der Waals surface area contributed by atoms with Gasteiger partial charge in [-0.05, 0) is 36.2 Å². The van der Waals surface area contributed by atoms with Crippen LogP contribution in [0.3, 0.4) is 0 Å². The van der Waals surface area contributed by atoms with Gasteiger partial charge in [0.05, 0.1) is 25.4 Å². The SMILES string of the molecule is O=C(CN1CCC2NNC(c3ccc(Cl)cc3)C2C1)NCc1ccco1.